The minimum atomic E-state index is 0.0480. The van der Waals surface area contributed by atoms with E-state index in [9.17, 15) is 4.79 Å². The molecular formula is C18H27NO2. The lowest BCUT2D eigenvalue weighted by atomic mass is 9.70. The Hall–Kier alpha value is -1.35. The monoisotopic (exact) mass is 289 g/mol. The molecule has 1 aromatic rings. The van der Waals surface area contributed by atoms with Crippen molar-refractivity contribution >= 4 is 5.78 Å². The van der Waals surface area contributed by atoms with E-state index in [-0.39, 0.29) is 11.2 Å². The van der Waals surface area contributed by atoms with Crippen LogP contribution in [0.25, 0.3) is 0 Å². The maximum atomic E-state index is 12.5. The molecule has 1 aliphatic carbocycles. The zero-order chi connectivity index (χ0) is 15.3. The molecule has 0 aromatic heterocycles. The van der Waals surface area contributed by atoms with Crippen LogP contribution in [0.3, 0.4) is 0 Å². The van der Waals surface area contributed by atoms with Crippen LogP contribution in [0.2, 0.25) is 0 Å². The summed E-state index contributed by atoms with van der Waals surface area (Å²) in [6.45, 7) is 2.67. The molecule has 0 atom stereocenters. The number of methoxy groups -OCH3 is 1. The molecule has 0 aliphatic heterocycles. The summed E-state index contributed by atoms with van der Waals surface area (Å²) in [6.07, 6.45) is 6.95. The van der Waals surface area contributed by atoms with E-state index in [0.717, 1.165) is 29.7 Å². The van der Waals surface area contributed by atoms with Gasteiger partial charge in [0.05, 0.1) is 7.11 Å². The highest BCUT2D eigenvalue weighted by atomic mass is 16.5. The molecule has 0 saturated heterocycles. The largest absolute Gasteiger partial charge is 0.496 e. The highest BCUT2D eigenvalue weighted by Crippen LogP contribution is 2.39. The third-order valence-electron chi connectivity index (χ3n) is 4.74. The van der Waals surface area contributed by atoms with Crippen LogP contribution in [0.5, 0.6) is 5.75 Å². The lowest BCUT2D eigenvalue weighted by Gasteiger charge is -2.35. The number of ether oxygens (including phenoxy) is 1. The first-order valence-electron chi connectivity index (χ1n) is 7.94. The summed E-state index contributed by atoms with van der Waals surface area (Å²) in [5.74, 6) is 1.09. The van der Waals surface area contributed by atoms with Crippen molar-refractivity contribution in [1.82, 2.24) is 0 Å². The predicted octanol–water partition coefficient (Wildman–Crippen LogP) is 3.41. The molecule has 0 spiro atoms. The third-order valence-corrected chi connectivity index (χ3v) is 4.74. The lowest BCUT2D eigenvalue weighted by molar-refractivity contribution is -0.121. The van der Waals surface area contributed by atoms with E-state index in [2.05, 4.69) is 0 Å². The number of Topliss-reactive ketones (excluding diaryl/α,β-unsaturated/α-hetero) is 1. The topological polar surface area (TPSA) is 52.3 Å². The number of carbonyl (C=O) groups excluding carboxylic acids is 1. The summed E-state index contributed by atoms with van der Waals surface area (Å²) in [6, 6.07) is 6.00. The summed E-state index contributed by atoms with van der Waals surface area (Å²) in [5.41, 5.74) is 8.18. The summed E-state index contributed by atoms with van der Waals surface area (Å²) in [4.78, 5) is 12.5. The van der Waals surface area contributed by atoms with Gasteiger partial charge in [-0.2, -0.15) is 0 Å². The molecule has 3 nitrogen and oxygen atoms in total. The van der Waals surface area contributed by atoms with Gasteiger partial charge in [0.15, 0.2) is 0 Å². The van der Waals surface area contributed by atoms with Crippen molar-refractivity contribution in [3.63, 3.8) is 0 Å². The first kappa shape index (κ1) is 16.0. The van der Waals surface area contributed by atoms with Crippen molar-refractivity contribution in [2.75, 3.05) is 13.7 Å². The second kappa shape index (κ2) is 7.08. The van der Waals surface area contributed by atoms with Gasteiger partial charge in [-0.15, -0.1) is 0 Å². The molecule has 2 rings (SSSR count). The summed E-state index contributed by atoms with van der Waals surface area (Å²) < 4.78 is 5.37. The van der Waals surface area contributed by atoms with Gasteiger partial charge in [-0.05, 0) is 37.8 Å². The quantitative estimate of drug-likeness (QED) is 0.873. The molecule has 116 valence electrons. The van der Waals surface area contributed by atoms with Gasteiger partial charge in [0.2, 0.25) is 0 Å². The Bertz CT molecular complexity index is 490. The fraction of sp³-hybridized carbons (Fsp3) is 0.611. The fourth-order valence-corrected chi connectivity index (χ4v) is 3.49. The Kier molecular flexibility index (Phi) is 5.40. The van der Waals surface area contributed by atoms with Crippen molar-refractivity contribution in [1.29, 1.82) is 0 Å². The lowest BCUT2D eigenvalue weighted by Crippen LogP contribution is -2.35. The van der Waals surface area contributed by atoms with Crippen molar-refractivity contribution in [2.24, 2.45) is 11.1 Å². The molecule has 3 heteroatoms. The number of aryl methyl sites for hydroxylation is 1. The summed E-state index contributed by atoms with van der Waals surface area (Å²) in [7, 11) is 1.65. The number of rotatable bonds is 6. The number of nitrogens with two attached hydrogens (primary N) is 1. The Morgan fingerprint density at radius 2 is 2.00 bits per heavy atom. The highest BCUT2D eigenvalue weighted by molar-refractivity contribution is 5.82. The Labute approximate surface area is 127 Å². The van der Waals surface area contributed by atoms with Crippen LogP contribution in [-0.2, 0) is 11.2 Å². The number of hydrogen-bond donors (Lipinski definition) is 1. The van der Waals surface area contributed by atoms with Gasteiger partial charge < -0.3 is 10.5 Å². The van der Waals surface area contributed by atoms with E-state index in [4.69, 9.17) is 10.5 Å². The van der Waals surface area contributed by atoms with Crippen molar-refractivity contribution in [3.05, 3.63) is 29.3 Å². The van der Waals surface area contributed by atoms with Gasteiger partial charge in [0.25, 0.3) is 0 Å². The first-order chi connectivity index (χ1) is 10.1. The van der Waals surface area contributed by atoms with Gasteiger partial charge in [0, 0.05) is 18.4 Å². The second-order valence-electron chi connectivity index (χ2n) is 6.47. The second-order valence-corrected chi connectivity index (χ2v) is 6.47. The Morgan fingerprint density at radius 3 is 2.62 bits per heavy atom. The van der Waals surface area contributed by atoms with Crippen LogP contribution in [0.15, 0.2) is 18.2 Å². The van der Waals surface area contributed by atoms with E-state index < -0.39 is 0 Å². The van der Waals surface area contributed by atoms with Crippen LogP contribution in [0, 0.1) is 12.3 Å². The van der Waals surface area contributed by atoms with Crippen LogP contribution in [0.1, 0.15) is 49.7 Å². The van der Waals surface area contributed by atoms with Crippen LogP contribution < -0.4 is 10.5 Å². The molecule has 1 saturated carbocycles. The summed E-state index contributed by atoms with van der Waals surface area (Å²) in [5, 5.41) is 0. The Morgan fingerprint density at radius 1 is 1.29 bits per heavy atom. The molecule has 0 radical (unpaired) electrons. The number of carbonyl (C=O) groups is 1. The minimum Gasteiger partial charge on any atom is -0.496 e. The average Bonchev–Trinajstić information content (AvgIpc) is 2.48. The number of ketones is 1. The standard InChI is InChI=1S/C18H27NO2/c1-14-6-7-17(21-2)15(10-14)11-16(20)12-18(13-19)8-4-3-5-9-18/h6-7,10H,3-5,8-9,11-13,19H2,1-2H3. The van der Waals surface area contributed by atoms with Crippen LogP contribution in [-0.4, -0.2) is 19.4 Å². The zero-order valence-corrected chi connectivity index (χ0v) is 13.3. The van der Waals surface area contributed by atoms with Crippen LogP contribution in [0.4, 0.5) is 0 Å². The van der Waals surface area contributed by atoms with Crippen LogP contribution >= 0.6 is 0 Å². The zero-order valence-electron chi connectivity index (χ0n) is 13.3. The fourth-order valence-electron chi connectivity index (χ4n) is 3.49. The Balaban J connectivity index is 2.05. The van der Waals surface area contributed by atoms with Gasteiger partial charge in [0.1, 0.15) is 11.5 Å². The molecule has 1 fully saturated rings. The van der Waals surface area contributed by atoms with E-state index >= 15 is 0 Å². The van der Waals surface area contributed by atoms with Gasteiger partial charge >= 0.3 is 0 Å². The molecular weight excluding hydrogens is 262 g/mol. The average molecular weight is 289 g/mol. The smallest absolute Gasteiger partial charge is 0.138 e. The van der Waals surface area contributed by atoms with Gasteiger partial charge in [-0.3, -0.25) is 4.79 Å². The summed E-state index contributed by atoms with van der Waals surface area (Å²) >= 11 is 0. The molecule has 0 unspecified atom stereocenters. The molecule has 0 heterocycles. The molecule has 1 aromatic carbocycles. The number of benzene rings is 1. The van der Waals surface area contributed by atoms with Crippen molar-refractivity contribution < 1.29 is 9.53 Å². The molecule has 0 amide bonds. The van der Waals surface area contributed by atoms with E-state index in [0.29, 0.717) is 19.4 Å². The normalized spacial score (nSPS) is 17.5. The van der Waals surface area contributed by atoms with Gasteiger partial charge in [-0.1, -0.05) is 37.0 Å². The third kappa shape index (κ3) is 4.07. The minimum absolute atomic E-state index is 0.0480. The highest BCUT2D eigenvalue weighted by Gasteiger charge is 2.32. The molecule has 0 bridgehead atoms. The predicted molar refractivity (Wildman–Crippen MR) is 85.6 cm³/mol. The maximum Gasteiger partial charge on any atom is 0.138 e. The van der Waals surface area contributed by atoms with Crippen molar-refractivity contribution in [3.8, 4) is 5.75 Å². The molecule has 1 aliphatic rings. The maximum absolute atomic E-state index is 12.5. The molecule has 2 N–H and O–H groups in total. The van der Waals surface area contributed by atoms with E-state index in [1.165, 1.54) is 19.3 Å². The van der Waals surface area contributed by atoms with E-state index in [1.807, 2.05) is 25.1 Å². The van der Waals surface area contributed by atoms with Gasteiger partial charge in [-0.25, -0.2) is 0 Å². The van der Waals surface area contributed by atoms with Crippen molar-refractivity contribution in [2.45, 2.75) is 51.9 Å². The van der Waals surface area contributed by atoms with E-state index in [1.54, 1.807) is 7.11 Å². The first-order valence-corrected chi connectivity index (χ1v) is 7.94. The molecule has 21 heavy (non-hydrogen) atoms. The SMILES string of the molecule is COc1ccc(C)cc1CC(=O)CC1(CN)CCCCC1. The number of hydrogen-bond acceptors (Lipinski definition) is 3.